The third kappa shape index (κ3) is 3.35. The topological polar surface area (TPSA) is 64.7 Å². The molecule has 26 heavy (non-hydrogen) atoms. The molecule has 2 aromatic rings. The molecule has 0 unspecified atom stereocenters. The van der Waals surface area contributed by atoms with Crippen molar-refractivity contribution in [2.75, 3.05) is 44.2 Å². The van der Waals surface area contributed by atoms with Gasteiger partial charge >= 0.3 is 6.09 Å². The number of para-hydroxylation sites is 1. The van der Waals surface area contributed by atoms with Gasteiger partial charge in [-0.1, -0.05) is 6.07 Å². The fraction of sp³-hybridized carbons (Fsp3) is 0.579. The molecule has 0 aliphatic carbocycles. The summed E-state index contributed by atoms with van der Waals surface area (Å²) in [5.74, 6) is 0. The summed E-state index contributed by atoms with van der Waals surface area (Å²) < 4.78 is 5.44. The average molecular weight is 357 g/mol. The Kier molecular flexibility index (Phi) is 4.26. The molecule has 0 spiro atoms. The minimum absolute atomic E-state index is 0.197. The minimum atomic E-state index is -0.429. The Labute approximate surface area is 153 Å². The Morgan fingerprint density at radius 1 is 1.19 bits per heavy atom. The Morgan fingerprint density at radius 3 is 2.62 bits per heavy atom. The monoisotopic (exact) mass is 357 g/mol. The lowest BCUT2D eigenvalue weighted by molar-refractivity contribution is -0.0162. The Balaban J connectivity index is 1.30. The van der Waals surface area contributed by atoms with Crippen molar-refractivity contribution >= 4 is 22.8 Å². The molecule has 1 N–H and O–H groups in total. The van der Waals surface area contributed by atoms with E-state index >= 15 is 0 Å². The highest BCUT2D eigenvalue weighted by molar-refractivity contribution is 5.88. The quantitative estimate of drug-likeness (QED) is 0.893. The number of carbonyl (C=O) groups is 1. The highest BCUT2D eigenvalue weighted by atomic mass is 16.6. The van der Waals surface area contributed by atoms with Gasteiger partial charge in [0.05, 0.1) is 17.5 Å². The zero-order chi connectivity index (χ0) is 18.3. The van der Waals surface area contributed by atoms with Crippen molar-refractivity contribution in [3.8, 4) is 0 Å². The number of anilines is 1. The average Bonchev–Trinajstić information content (AvgIpc) is 3.01. The van der Waals surface area contributed by atoms with E-state index in [0.717, 1.165) is 50.3 Å². The van der Waals surface area contributed by atoms with Gasteiger partial charge in [0, 0.05) is 45.3 Å². The van der Waals surface area contributed by atoms with Crippen LogP contribution >= 0.6 is 0 Å². The number of hydrogen-bond donors (Lipinski definition) is 1. The number of benzene rings is 1. The van der Waals surface area contributed by atoms with E-state index in [9.17, 15) is 4.79 Å². The number of imidazole rings is 1. The number of nitrogens with zero attached hydrogens (tertiary/aromatic N) is 4. The van der Waals surface area contributed by atoms with Gasteiger partial charge in [0.25, 0.3) is 0 Å². The van der Waals surface area contributed by atoms with Crippen LogP contribution in [0.2, 0.25) is 0 Å². The van der Waals surface area contributed by atoms with Crippen molar-refractivity contribution in [3.63, 3.8) is 0 Å². The molecule has 2 aliphatic heterocycles. The van der Waals surface area contributed by atoms with Crippen LogP contribution in [0.15, 0.2) is 24.5 Å². The molecule has 7 nitrogen and oxygen atoms in total. The predicted octanol–water partition coefficient (Wildman–Crippen LogP) is 2.30. The van der Waals surface area contributed by atoms with E-state index in [2.05, 4.69) is 38.0 Å². The van der Waals surface area contributed by atoms with Crippen molar-refractivity contribution in [2.24, 2.45) is 0 Å². The van der Waals surface area contributed by atoms with Crippen LogP contribution in [0.25, 0.3) is 11.0 Å². The standard InChI is InChI=1S/C19H27N5O2/c1-19(2,3)26-18(25)24-11-14(12-24)22-7-9-23(10-8-22)16-6-4-5-15-17(16)21-13-20-15/h4-6,13-14H,7-12H2,1-3H3,(H,20,21). The van der Waals surface area contributed by atoms with Crippen molar-refractivity contribution in [1.82, 2.24) is 19.8 Å². The fourth-order valence-corrected chi connectivity index (χ4v) is 3.69. The third-order valence-electron chi connectivity index (χ3n) is 5.11. The minimum Gasteiger partial charge on any atom is -0.444 e. The second kappa shape index (κ2) is 6.46. The van der Waals surface area contributed by atoms with Crippen LogP contribution in [-0.2, 0) is 4.74 Å². The highest BCUT2D eigenvalue weighted by Crippen LogP contribution is 2.26. The number of hydrogen-bond acceptors (Lipinski definition) is 5. The normalized spacial score (nSPS) is 19.7. The van der Waals surface area contributed by atoms with Gasteiger partial charge in [0.2, 0.25) is 0 Å². The number of ether oxygens (including phenoxy) is 1. The van der Waals surface area contributed by atoms with Crippen LogP contribution in [0.1, 0.15) is 20.8 Å². The van der Waals surface area contributed by atoms with Crippen molar-refractivity contribution in [3.05, 3.63) is 24.5 Å². The first-order chi connectivity index (χ1) is 12.4. The first kappa shape index (κ1) is 17.1. The van der Waals surface area contributed by atoms with Gasteiger partial charge in [0.15, 0.2) is 0 Å². The first-order valence-corrected chi connectivity index (χ1v) is 9.30. The molecule has 0 atom stereocenters. The summed E-state index contributed by atoms with van der Waals surface area (Å²) in [5, 5.41) is 0. The number of fused-ring (bicyclic) bond motifs is 1. The first-order valence-electron chi connectivity index (χ1n) is 9.30. The summed E-state index contributed by atoms with van der Waals surface area (Å²) in [7, 11) is 0. The van der Waals surface area contributed by atoms with Crippen LogP contribution in [0.3, 0.4) is 0 Å². The van der Waals surface area contributed by atoms with Gasteiger partial charge in [-0.2, -0.15) is 0 Å². The maximum absolute atomic E-state index is 12.1. The lowest BCUT2D eigenvalue weighted by atomic mass is 10.1. The summed E-state index contributed by atoms with van der Waals surface area (Å²) in [5.41, 5.74) is 2.89. The second-order valence-electron chi connectivity index (χ2n) is 8.14. The summed E-state index contributed by atoms with van der Waals surface area (Å²) in [6, 6.07) is 6.73. The van der Waals surface area contributed by atoms with Crippen LogP contribution in [0.5, 0.6) is 0 Å². The molecule has 140 valence electrons. The summed E-state index contributed by atoms with van der Waals surface area (Å²) in [6.07, 6.45) is 1.56. The number of carbonyl (C=O) groups excluding carboxylic acids is 1. The molecule has 7 heteroatoms. The summed E-state index contributed by atoms with van der Waals surface area (Å²) >= 11 is 0. The van der Waals surface area contributed by atoms with Crippen molar-refractivity contribution < 1.29 is 9.53 Å². The highest BCUT2D eigenvalue weighted by Gasteiger charge is 2.38. The zero-order valence-corrected chi connectivity index (χ0v) is 15.7. The van der Waals surface area contributed by atoms with Gasteiger partial charge in [-0.3, -0.25) is 4.90 Å². The number of aromatic amines is 1. The number of likely N-dealkylation sites (tertiary alicyclic amines) is 1. The SMILES string of the molecule is CC(C)(C)OC(=O)N1CC(N2CCN(c3cccc4[nH]cnc34)CC2)C1. The molecular weight excluding hydrogens is 330 g/mol. The number of H-pyrrole nitrogens is 1. The van der Waals surface area contributed by atoms with E-state index < -0.39 is 5.60 Å². The van der Waals surface area contributed by atoms with Gasteiger partial charge in [-0.25, -0.2) is 9.78 Å². The molecule has 0 radical (unpaired) electrons. The van der Waals surface area contributed by atoms with Crippen LogP contribution < -0.4 is 4.90 Å². The molecule has 0 saturated carbocycles. The van der Waals surface area contributed by atoms with E-state index in [0.29, 0.717) is 6.04 Å². The third-order valence-corrected chi connectivity index (χ3v) is 5.11. The molecule has 1 aromatic carbocycles. The van der Waals surface area contributed by atoms with Gasteiger partial charge in [-0.05, 0) is 32.9 Å². The maximum atomic E-state index is 12.1. The molecular formula is C19H27N5O2. The van der Waals surface area contributed by atoms with Crippen molar-refractivity contribution in [1.29, 1.82) is 0 Å². The molecule has 2 aliphatic rings. The predicted molar refractivity (Wildman–Crippen MR) is 101 cm³/mol. The van der Waals surface area contributed by atoms with Crippen LogP contribution in [0.4, 0.5) is 10.5 Å². The summed E-state index contributed by atoms with van der Waals surface area (Å²) in [4.78, 5) is 26.4. The molecule has 2 saturated heterocycles. The fourth-order valence-electron chi connectivity index (χ4n) is 3.69. The van der Waals surface area contributed by atoms with Gasteiger partial charge in [-0.15, -0.1) is 0 Å². The molecule has 1 aromatic heterocycles. The molecule has 2 fully saturated rings. The van der Waals surface area contributed by atoms with E-state index in [4.69, 9.17) is 4.74 Å². The number of aromatic nitrogens is 2. The van der Waals surface area contributed by atoms with Crippen LogP contribution in [0, 0.1) is 0 Å². The smallest absolute Gasteiger partial charge is 0.410 e. The van der Waals surface area contributed by atoms with E-state index in [1.165, 1.54) is 5.69 Å². The number of piperazine rings is 1. The zero-order valence-electron chi connectivity index (χ0n) is 15.7. The Morgan fingerprint density at radius 2 is 1.92 bits per heavy atom. The molecule has 4 rings (SSSR count). The van der Waals surface area contributed by atoms with E-state index in [1.807, 2.05) is 20.8 Å². The number of amides is 1. The molecule has 0 bridgehead atoms. The lowest BCUT2D eigenvalue weighted by Crippen LogP contribution is -2.64. The number of nitrogens with one attached hydrogen (secondary N) is 1. The van der Waals surface area contributed by atoms with Crippen LogP contribution in [-0.4, -0.2) is 76.8 Å². The lowest BCUT2D eigenvalue weighted by Gasteiger charge is -2.48. The van der Waals surface area contributed by atoms with Crippen molar-refractivity contribution in [2.45, 2.75) is 32.4 Å². The van der Waals surface area contributed by atoms with E-state index in [-0.39, 0.29) is 6.09 Å². The number of rotatable bonds is 2. The second-order valence-corrected chi connectivity index (χ2v) is 8.14. The van der Waals surface area contributed by atoms with Gasteiger partial charge in [0.1, 0.15) is 11.1 Å². The Hall–Kier alpha value is -2.28. The van der Waals surface area contributed by atoms with Gasteiger partial charge < -0.3 is 19.5 Å². The Bertz CT molecular complexity index is 783. The largest absolute Gasteiger partial charge is 0.444 e. The molecule has 3 heterocycles. The molecule has 1 amide bonds. The summed E-state index contributed by atoms with van der Waals surface area (Å²) in [6.45, 7) is 11.2. The maximum Gasteiger partial charge on any atom is 0.410 e. The van der Waals surface area contributed by atoms with E-state index in [1.54, 1.807) is 11.2 Å².